The molecule has 0 saturated carbocycles. The summed E-state index contributed by atoms with van der Waals surface area (Å²) in [4.78, 5) is 37.9. The Balaban J connectivity index is 2.63. The van der Waals surface area contributed by atoms with Crippen molar-refractivity contribution in [1.29, 1.82) is 0 Å². The Morgan fingerprint density at radius 3 is 1.04 bits per heavy atom. The lowest BCUT2D eigenvalue weighted by Crippen LogP contribution is -2.44. The predicted molar refractivity (Wildman–Crippen MR) is 190 cm³/mol. The van der Waals surface area contributed by atoms with Crippen LogP contribution in [0, 0.1) is 22.0 Å². The van der Waals surface area contributed by atoms with E-state index in [1.807, 2.05) is 83.1 Å². The highest BCUT2D eigenvalue weighted by atomic mass is 16.6. The summed E-state index contributed by atoms with van der Waals surface area (Å²) in [5.74, 6) is -4.45. The van der Waals surface area contributed by atoms with Gasteiger partial charge in [0, 0.05) is 24.2 Å². The Labute approximate surface area is 286 Å². The van der Waals surface area contributed by atoms with E-state index in [-0.39, 0.29) is 43.6 Å². The highest BCUT2D eigenvalue weighted by Gasteiger charge is 2.48. The average Bonchev–Trinajstić information content (AvgIpc) is 2.90. The number of nitrogens with zero attached hydrogens (tertiary/aromatic N) is 1. The van der Waals surface area contributed by atoms with Gasteiger partial charge < -0.3 is 20.4 Å². The summed E-state index contributed by atoms with van der Waals surface area (Å²) in [7, 11) is 0. The van der Waals surface area contributed by atoms with Crippen molar-refractivity contribution in [1.82, 2.24) is 0 Å². The quantitative estimate of drug-likeness (QED) is 0.129. The number of nitro groups is 1. The van der Waals surface area contributed by atoms with Crippen molar-refractivity contribution in [2.75, 3.05) is 0 Å². The molecule has 2 aromatic rings. The van der Waals surface area contributed by atoms with Crippen molar-refractivity contribution in [3.63, 3.8) is 0 Å². The minimum Gasteiger partial charge on any atom is -0.507 e. The predicted octanol–water partition coefficient (Wildman–Crippen LogP) is 8.68. The molecule has 2 rings (SSSR count). The standard InChI is InChI=1S/C39H59NO8/c1-14-39(40(47)48,21-25(33(43)44)15-23-17-27(35(2,3)4)31(41)28(18-23)36(5,6)7)22-26(34(45)46)16-24-19-29(37(8,9)10)32(42)30(20-24)38(11,12)13/h17-20,25-26,41-42H,14-16,21-22H2,1-13H3,(H,43,44)(H,45,46). The van der Waals surface area contributed by atoms with Crippen LogP contribution in [-0.4, -0.2) is 42.8 Å². The molecule has 9 heteroatoms. The van der Waals surface area contributed by atoms with Gasteiger partial charge in [0.05, 0.1) is 11.8 Å². The summed E-state index contributed by atoms with van der Waals surface area (Å²) in [5, 5.41) is 56.0. The molecule has 0 bridgehead atoms. The first-order valence-electron chi connectivity index (χ1n) is 16.9. The first-order valence-corrected chi connectivity index (χ1v) is 16.9. The number of rotatable bonds is 12. The Hall–Kier alpha value is -3.62. The molecule has 0 radical (unpaired) electrons. The number of phenolic OH excluding ortho intramolecular Hbond substituents is 2. The maximum absolute atomic E-state index is 12.9. The topological polar surface area (TPSA) is 158 Å². The van der Waals surface area contributed by atoms with Crippen LogP contribution in [-0.2, 0) is 44.1 Å². The molecule has 268 valence electrons. The Morgan fingerprint density at radius 2 is 0.875 bits per heavy atom. The van der Waals surface area contributed by atoms with Gasteiger partial charge >= 0.3 is 11.9 Å². The van der Waals surface area contributed by atoms with E-state index in [1.165, 1.54) is 0 Å². The summed E-state index contributed by atoms with van der Waals surface area (Å²) < 4.78 is 0. The van der Waals surface area contributed by atoms with Gasteiger partial charge in [-0.15, -0.1) is 0 Å². The fraction of sp³-hybridized carbons (Fsp3) is 0.641. The second kappa shape index (κ2) is 14.1. The number of carboxylic acid groups (broad SMARTS) is 2. The van der Waals surface area contributed by atoms with Crippen LogP contribution in [0.15, 0.2) is 24.3 Å². The summed E-state index contributed by atoms with van der Waals surface area (Å²) in [6.07, 6.45) is -0.807. The third-order valence-electron chi connectivity index (χ3n) is 9.53. The van der Waals surface area contributed by atoms with Gasteiger partial charge in [0.2, 0.25) is 5.54 Å². The van der Waals surface area contributed by atoms with E-state index in [1.54, 1.807) is 31.2 Å². The number of carbonyl (C=O) groups is 2. The van der Waals surface area contributed by atoms with Gasteiger partial charge in [0.15, 0.2) is 0 Å². The molecule has 48 heavy (non-hydrogen) atoms. The molecule has 0 heterocycles. The van der Waals surface area contributed by atoms with E-state index in [4.69, 9.17) is 0 Å². The lowest BCUT2D eigenvalue weighted by Gasteiger charge is -2.31. The molecule has 2 atom stereocenters. The molecule has 0 aliphatic heterocycles. The largest absolute Gasteiger partial charge is 0.507 e. The molecule has 2 unspecified atom stereocenters. The normalized spacial score (nSPS) is 15.4. The van der Waals surface area contributed by atoms with Crippen LogP contribution >= 0.6 is 0 Å². The van der Waals surface area contributed by atoms with E-state index in [0.717, 1.165) is 0 Å². The van der Waals surface area contributed by atoms with Crippen molar-refractivity contribution in [2.24, 2.45) is 11.8 Å². The number of benzene rings is 2. The second-order valence-corrected chi connectivity index (χ2v) is 17.8. The summed E-state index contributed by atoms with van der Waals surface area (Å²) in [6, 6.07) is 7.13. The summed E-state index contributed by atoms with van der Waals surface area (Å²) >= 11 is 0. The van der Waals surface area contributed by atoms with Gasteiger partial charge in [0.1, 0.15) is 11.5 Å². The van der Waals surface area contributed by atoms with Crippen molar-refractivity contribution in [3.05, 3.63) is 67.8 Å². The Kier molecular flexibility index (Phi) is 11.9. The highest BCUT2D eigenvalue weighted by molar-refractivity contribution is 5.72. The van der Waals surface area contributed by atoms with Crippen LogP contribution in [0.25, 0.3) is 0 Å². The SMILES string of the molecule is CCC(CC(Cc1cc(C(C)(C)C)c(O)c(C(C)(C)C)c1)C(=O)O)(CC(Cc1cc(C(C)(C)C)c(O)c(C(C)(C)C)c1)C(=O)O)[N+](=O)[O-]. The van der Waals surface area contributed by atoms with Gasteiger partial charge in [0.25, 0.3) is 0 Å². The van der Waals surface area contributed by atoms with Crippen molar-refractivity contribution in [3.8, 4) is 11.5 Å². The molecule has 0 aliphatic carbocycles. The van der Waals surface area contributed by atoms with E-state index < -0.39 is 55.9 Å². The number of phenols is 2. The molecular formula is C39H59NO8. The maximum Gasteiger partial charge on any atom is 0.307 e. The molecule has 0 aromatic heterocycles. The van der Waals surface area contributed by atoms with Crippen LogP contribution in [0.1, 0.15) is 143 Å². The number of hydrogen-bond donors (Lipinski definition) is 4. The molecule has 2 aromatic carbocycles. The van der Waals surface area contributed by atoms with Crippen LogP contribution < -0.4 is 0 Å². The zero-order chi connectivity index (χ0) is 37.4. The lowest BCUT2D eigenvalue weighted by molar-refractivity contribution is -0.575. The zero-order valence-corrected chi connectivity index (χ0v) is 31.4. The molecule has 9 nitrogen and oxygen atoms in total. The summed E-state index contributed by atoms with van der Waals surface area (Å²) in [6.45, 7) is 25.1. The van der Waals surface area contributed by atoms with Crippen LogP contribution in [0.2, 0.25) is 0 Å². The van der Waals surface area contributed by atoms with Gasteiger partial charge in [-0.1, -0.05) is 114 Å². The Bertz CT molecular complexity index is 1340. The first-order chi connectivity index (χ1) is 21.5. The van der Waals surface area contributed by atoms with Crippen LogP contribution in [0.3, 0.4) is 0 Å². The molecule has 0 amide bonds. The first kappa shape index (κ1) is 40.6. The molecule has 0 saturated heterocycles. The third kappa shape index (κ3) is 9.50. The van der Waals surface area contributed by atoms with Crippen LogP contribution in [0.4, 0.5) is 0 Å². The molecule has 0 spiro atoms. The third-order valence-corrected chi connectivity index (χ3v) is 9.53. The fourth-order valence-corrected chi connectivity index (χ4v) is 6.54. The summed E-state index contributed by atoms with van der Waals surface area (Å²) in [5.41, 5.74) is 0.320. The van der Waals surface area contributed by atoms with E-state index in [9.17, 15) is 40.1 Å². The van der Waals surface area contributed by atoms with Gasteiger partial charge in [-0.3, -0.25) is 19.7 Å². The lowest BCUT2D eigenvalue weighted by atomic mass is 9.74. The van der Waals surface area contributed by atoms with Crippen molar-refractivity contribution >= 4 is 11.9 Å². The number of aromatic hydroxyl groups is 2. The highest BCUT2D eigenvalue weighted by Crippen LogP contribution is 2.43. The minimum absolute atomic E-state index is 0.0169. The fourth-order valence-electron chi connectivity index (χ4n) is 6.54. The smallest absolute Gasteiger partial charge is 0.307 e. The van der Waals surface area contributed by atoms with Gasteiger partial charge in [-0.2, -0.15) is 0 Å². The molecule has 0 aliphatic rings. The van der Waals surface area contributed by atoms with Crippen LogP contribution in [0.5, 0.6) is 11.5 Å². The Morgan fingerprint density at radius 1 is 0.625 bits per heavy atom. The molecular weight excluding hydrogens is 610 g/mol. The number of hydrogen-bond acceptors (Lipinski definition) is 6. The van der Waals surface area contributed by atoms with E-state index >= 15 is 0 Å². The molecule has 4 N–H and O–H groups in total. The number of carboxylic acids is 2. The zero-order valence-electron chi connectivity index (χ0n) is 31.4. The molecule has 0 fully saturated rings. The van der Waals surface area contributed by atoms with Crippen molar-refractivity contribution < 1.29 is 34.9 Å². The number of aliphatic carboxylic acids is 2. The van der Waals surface area contributed by atoms with Gasteiger partial charge in [-0.25, -0.2) is 0 Å². The monoisotopic (exact) mass is 669 g/mol. The second-order valence-electron chi connectivity index (χ2n) is 17.8. The van der Waals surface area contributed by atoms with E-state index in [0.29, 0.717) is 33.4 Å². The average molecular weight is 670 g/mol. The van der Waals surface area contributed by atoms with Gasteiger partial charge in [-0.05, 0) is 67.9 Å². The van der Waals surface area contributed by atoms with E-state index in [2.05, 4.69) is 0 Å². The van der Waals surface area contributed by atoms with Crippen molar-refractivity contribution in [2.45, 2.75) is 149 Å². The maximum atomic E-state index is 12.9. The minimum atomic E-state index is -1.82.